The summed E-state index contributed by atoms with van der Waals surface area (Å²) in [6, 6.07) is 0. The molecule has 0 radical (unpaired) electrons. The highest BCUT2D eigenvalue weighted by atomic mass is 16.7. The van der Waals surface area contributed by atoms with Gasteiger partial charge in [-0.25, -0.2) is 9.59 Å². The van der Waals surface area contributed by atoms with E-state index in [0.717, 1.165) is 0 Å². The van der Waals surface area contributed by atoms with Crippen molar-refractivity contribution in [1.29, 1.82) is 0 Å². The Morgan fingerprint density at radius 2 is 1.03 bits per heavy atom. The summed E-state index contributed by atoms with van der Waals surface area (Å²) in [7, 11) is 1.36. The average molecular weight is 1290 g/mol. The minimum Gasteiger partial charge on any atom is -0.460 e. The Bertz CT molecular complexity index is 2300. The van der Waals surface area contributed by atoms with Crippen molar-refractivity contribution >= 4 is 11.9 Å². The second-order valence-corrected chi connectivity index (χ2v) is 25.5. The van der Waals surface area contributed by atoms with Gasteiger partial charge in [-0.2, -0.15) is 0 Å². The summed E-state index contributed by atoms with van der Waals surface area (Å²) >= 11 is 0. The Labute approximate surface area is 512 Å². The number of carbonyl (C=O) groups excluding carboxylic acids is 2. The molecule has 33 unspecified atom stereocenters. The maximum atomic E-state index is 13.2. The van der Waals surface area contributed by atoms with Crippen LogP contribution in [0.15, 0.2) is 24.3 Å². The zero-order valence-electron chi connectivity index (χ0n) is 49.4. The van der Waals surface area contributed by atoms with Crippen LogP contribution in [0.25, 0.3) is 0 Å². The fraction of sp³-hybridized carbons (Fsp3) is 0.897. The lowest BCUT2D eigenvalue weighted by Crippen LogP contribution is -2.64. The Morgan fingerprint density at radius 3 is 1.66 bits per heavy atom. The van der Waals surface area contributed by atoms with Gasteiger partial charge < -0.3 is 144 Å². The molecule has 5 aliphatic heterocycles. The molecule has 9 rings (SSSR count). The number of allylic oxidation sites excluding steroid dienone is 2. The van der Waals surface area contributed by atoms with Crippen molar-refractivity contribution < 1.29 is 153 Å². The van der Waals surface area contributed by atoms with E-state index < -0.39 is 234 Å². The molecule has 31 heteroatoms. The first-order valence-corrected chi connectivity index (χ1v) is 31.0. The van der Waals surface area contributed by atoms with E-state index in [1.165, 1.54) is 26.2 Å². The SMILES string of the molecule is COC1CC(C2OC3CC(O)CC(OC4OC(CO)C(O)C(O)C4O)C3CC2OC2OC(COC3OC(C)C(OC(=O)C=CC4CCC(OC5OC(COC(=O)C=CC6CCC(O)C(O)C6)C(O)C(O)C5O)CC4)C(O)C3O)C(O)C(O)C2O)CC(O)C1O. The third kappa shape index (κ3) is 16.7. The number of ether oxygens (including phenoxy) is 12. The number of hydrogen-bond acceptors (Lipinski definition) is 31. The van der Waals surface area contributed by atoms with Crippen LogP contribution in [0.5, 0.6) is 0 Å². The smallest absolute Gasteiger partial charge is 0.330 e. The van der Waals surface area contributed by atoms with Gasteiger partial charge in [0.25, 0.3) is 0 Å². The number of esters is 2. The van der Waals surface area contributed by atoms with E-state index in [1.807, 2.05) is 0 Å². The number of carbonyl (C=O) groups is 2. The van der Waals surface area contributed by atoms with Gasteiger partial charge in [0.2, 0.25) is 0 Å². The number of methoxy groups -OCH3 is 1. The maximum absolute atomic E-state index is 13.2. The zero-order chi connectivity index (χ0) is 64.3. The lowest BCUT2D eigenvalue weighted by molar-refractivity contribution is -0.352. The van der Waals surface area contributed by atoms with Gasteiger partial charge in [-0.05, 0) is 95.3 Å². The molecule has 0 aromatic carbocycles. The second-order valence-electron chi connectivity index (χ2n) is 25.5. The molecule has 4 aliphatic carbocycles. The summed E-state index contributed by atoms with van der Waals surface area (Å²) in [5, 5.41) is 182. The highest BCUT2D eigenvalue weighted by Gasteiger charge is 2.56. The van der Waals surface area contributed by atoms with Crippen molar-refractivity contribution in [3.63, 3.8) is 0 Å². The topological polar surface area (TPSA) is 489 Å². The van der Waals surface area contributed by atoms with E-state index in [1.54, 1.807) is 12.2 Å². The van der Waals surface area contributed by atoms with Crippen molar-refractivity contribution in [2.75, 3.05) is 26.9 Å². The van der Waals surface area contributed by atoms with Crippen LogP contribution in [-0.2, 0) is 66.4 Å². The van der Waals surface area contributed by atoms with Gasteiger partial charge in [0.05, 0.1) is 80.4 Å². The average Bonchev–Trinajstić information content (AvgIpc) is 0.919. The molecule has 9 aliphatic rings. The minimum atomic E-state index is -1.93. The van der Waals surface area contributed by atoms with Gasteiger partial charge in [0, 0.05) is 31.6 Å². The molecule has 0 aromatic heterocycles. The molecule has 0 amide bonds. The first kappa shape index (κ1) is 70.7. The molecule has 0 spiro atoms. The summed E-state index contributed by atoms with van der Waals surface area (Å²) in [5.74, 6) is -3.20. The van der Waals surface area contributed by atoms with Crippen LogP contribution in [0.3, 0.4) is 0 Å². The first-order chi connectivity index (χ1) is 42.3. The van der Waals surface area contributed by atoms with E-state index in [0.29, 0.717) is 38.5 Å². The van der Waals surface area contributed by atoms with Crippen LogP contribution < -0.4 is 0 Å². The molecule has 9 fully saturated rings. The molecule has 17 N–H and O–H groups in total. The number of hydrogen-bond donors (Lipinski definition) is 17. The van der Waals surface area contributed by atoms with E-state index in [9.17, 15) is 96.4 Å². The molecule has 510 valence electrons. The fourth-order valence-electron chi connectivity index (χ4n) is 13.9. The van der Waals surface area contributed by atoms with E-state index in [-0.39, 0.29) is 50.4 Å². The van der Waals surface area contributed by atoms with E-state index >= 15 is 0 Å². The first-order valence-electron chi connectivity index (χ1n) is 31.0. The van der Waals surface area contributed by atoms with Gasteiger partial charge in [-0.3, -0.25) is 0 Å². The van der Waals surface area contributed by atoms with Crippen molar-refractivity contribution in [2.24, 2.45) is 23.7 Å². The van der Waals surface area contributed by atoms with Crippen LogP contribution in [0.1, 0.15) is 84.0 Å². The molecule has 89 heavy (non-hydrogen) atoms. The Kier molecular flexibility index (Phi) is 24.8. The van der Waals surface area contributed by atoms with Gasteiger partial charge in [-0.1, -0.05) is 12.2 Å². The molecule has 4 saturated carbocycles. The third-order valence-corrected chi connectivity index (χ3v) is 19.3. The fourth-order valence-corrected chi connectivity index (χ4v) is 13.9. The van der Waals surface area contributed by atoms with Crippen molar-refractivity contribution in [3.05, 3.63) is 24.3 Å². The summed E-state index contributed by atoms with van der Waals surface area (Å²) in [5.41, 5.74) is 0. The summed E-state index contributed by atoms with van der Waals surface area (Å²) in [6.07, 6.45) is -33.8. The predicted octanol–water partition coefficient (Wildman–Crippen LogP) is -6.61. The van der Waals surface area contributed by atoms with Crippen molar-refractivity contribution in [1.82, 2.24) is 0 Å². The second kappa shape index (κ2) is 31.3. The van der Waals surface area contributed by atoms with Gasteiger partial charge in [0.1, 0.15) is 98.2 Å². The Hall–Kier alpha value is -2.66. The highest BCUT2D eigenvalue weighted by molar-refractivity contribution is 5.82. The monoisotopic (exact) mass is 1280 g/mol. The van der Waals surface area contributed by atoms with Crippen LogP contribution in [0.2, 0.25) is 0 Å². The summed E-state index contributed by atoms with van der Waals surface area (Å²) in [4.78, 5) is 25.6. The minimum absolute atomic E-state index is 0.00546. The van der Waals surface area contributed by atoms with Crippen LogP contribution in [0, 0.1) is 23.7 Å². The number of rotatable bonds is 19. The Morgan fingerprint density at radius 1 is 0.472 bits per heavy atom. The molecular weight excluding hydrogens is 1190 g/mol. The van der Waals surface area contributed by atoms with Gasteiger partial charge in [-0.15, -0.1) is 0 Å². The van der Waals surface area contributed by atoms with E-state index in [4.69, 9.17) is 56.8 Å². The van der Waals surface area contributed by atoms with Crippen LogP contribution in [0.4, 0.5) is 0 Å². The highest BCUT2D eigenvalue weighted by Crippen LogP contribution is 2.46. The molecule has 5 saturated heterocycles. The molecule has 0 aromatic rings. The van der Waals surface area contributed by atoms with E-state index in [2.05, 4.69) is 0 Å². The number of fused-ring (bicyclic) bond motifs is 1. The molecule has 0 bridgehead atoms. The zero-order valence-corrected chi connectivity index (χ0v) is 49.4. The van der Waals surface area contributed by atoms with Crippen LogP contribution in [-0.4, -0.2) is 316 Å². The lowest BCUT2D eigenvalue weighted by atomic mass is 9.72. The third-order valence-electron chi connectivity index (χ3n) is 19.3. The lowest BCUT2D eigenvalue weighted by Gasteiger charge is -2.53. The van der Waals surface area contributed by atoms with Gasteiger partial charge >= 0.3 is 11.9 Å². The molecule has 5 heterocycles. The van der Waals surface area contributed by atoms with Crippen molar-refractivity contribution in [2.45, 2.75) is 274 Å². The largest absolute Gasteiger partial charge is 0.460 e. The normalized spacial score (nSPS) is 50.1. The maximum Gasteiger partial charge on any atom is 0.330 e. The molecule has 33 atom stereocenters. The number of aliphatic hydroxyl groups is 17. The molecule has 31 nitrogen and oxygen atoms in total. The summed E-state index contributed by atoms with van der Waals surface area (Å²) < 4.78 is 70.8. The summed E-state index contributed by atoms with van der Waals surface area (Å²) in [6.45, 7) is -0.394. The predicted molar refractivity (Wildman–Crippen MR) is 292 cm³/mol. The van der Waals surface area contributed by atoms with Gasteiger partial charge in [0.15, 0.2) is 31.3 Å². The molecular formula is C58H92O31. The quantitative estimate of drug-likeness (QED) is 0.0422. The standard InChI is InChI=1S/C58H92O31/c1-22-53(89-40(65)12-6-23-3-8-27(9-4-23)82-56-49(74)46(71)43(68)37(87-56)20-79-39(64)11-7-24-5-10-29(61)30(62)13-24)48(73)52(77)55(81-22)80-21-38-44(69)47(72)51(76)58(88-38)85-35-18-28-32(83-54(35)25-14-31(63)41(66)34(15-25)78-2)16-26(60)17-33(28)84-57-50(75)45(70)42(67)36(19-59)86-57/h6-7,11-12,22-38,41-63,66-77H,3-5,8-10,13-21H2,1-2H3. The van der Waals surface area contributed by atoms with Crippen molar-refractivity contribution in [3.8, 4) is 0 Å². The Balaban J connectivity index is 0.757. The van der Waals surface area contributed by atoms with Crippen LogP contribution >= 0.6 is 0 Å². The number of aliphatic hydroxyl groups excluding tert-OH is 17.